The van der Waals surface area contributed by atoms with Gasteiger partial charge in [0.15, 0.2) is 0 Å². The van der Waals surface area contributed by atoms with Crippen molar-refractivity contribution in [2.75, 3.05) is 12.4 Å². The van der Waals surface area contributed by atoms with Gasteiger partial charge in [-0.05, 0) is 49.7 Å². The van der Waals surface area contributed by atoms with E-state index in [2.05, 4.69) is 10.6 Å². The molecule has 6 heteroatoms. The molecule has 24 heavy (non-hydrogen) atoms. The van der Waals surface area contributed by atoms with Crippen molar-refractivity contribution in [3.05, 3.63) is 53.6 Å². The van der Waals surface area contributed by atoms with E-state index in [4.69, 9.17) is 4.74 Å². The Hall–Kier alpha value is -3.02. The number of phenols is 1. The molecule has 0 heterocycles. The van der Waals surface area contributed by atoms with Crippen molar-refractivity contribution < 1.29 is 19.4 Å². The summed E-state index contributed by atoms with van der Waals surface area (Å²) in [6, 6.07) is 11.3. The summed E-state index contributed by atoms with van der Waals surface area (Å²) in [5.74, 6) is -0.989. The van der Waals surface area contributed by atoms with E-state index >= 15 is 0 Å². The number of aromatic hydroxyl groups is 1. The Labute approximate surface area is 140 Å². The van der Waals surface area contributed by atoms with Crippen LogP contribution in [0.1, 0.15) is 24.1 Å². The second-order valence-corrected chi connectivity index (χ2v) is 5.44. The minimum absolute atomic E-state index is 0.0164. The molecule has 0 saturated carbocycles. The van der Waals surface area contributed by atoms with Crippen LogP contribution in [0, 0.1) is 6.92 Å². The van der Waals surface area contributed by atoms with Crippen LogP contribution < -0.4 is 15.4 Å². The molecule has 2 amide bonds. The molecule has 0 radical (unpaired) electrons. The molecule has 2 aromatic carbocycles. The summed E-state index contributed by atoms with van der Waals surface area (Å²) in [5, 5.41) is 15.0. The maximum absolute atomic E-state index is 12.0. The van der Waals surface area contributed by atoms with E-state index in [-0.39, 0.29) is 5.75 Å². The molecule has 0 unspecified atom stereocenters. The molecule has 2 rings (SSSR count). The molecule has 0 aromatic heterocycles. The van der Waals surface area contributed by atoms with Gasteiger partial charge in [0.25, 0.3) is 0 Å². The molecule has 6 nitrogen and oxygen atoms in total. The lowest BCUT2D eigenvalue weighted by Crippen LogP contribution is -2.36. The Kier molecular flexibility index (Phi) is 5.42. The monoisotopic (exact) mass is 328 g/mol. The van der Waals surface area contributed by atoms with Gasteiger partial charge in [-0.25, -0.2) is 0 Å². The van der Waals surface area contributed by atoms with Crippen LogP contribution in [-0.2, 0) is 9.59 Å². The highest BCUT2D eigenvalue weighted by Crippen LogP contribution is 2.28. The van der Waals surface area contributed by atoms with Gasteiger partial charge in [-0.2, -0.15) is 0 Å². The lowest BCUT2D eigenvalue weighted by atomic mass is 10.1. The second-order valence-electron chi connectivity index (χ2n) is 5.44. The molecule has 0 bridgehead atoms. The van der Waals surface area contributed by atoms with Crippen LogP contribution >= 0.6 is 0 Å². The molecule has 1 atom stereocenters. The highest BCUT2D eigenvalue weighted by molar-refractivity contribution is 6.39. The Bertz CT molecular complexity index is 758. The van der Waals surface area contributed by atoms with E-state index in [1.54, 1.807) is 37.3 Å². The minimum Gasteiger partial charge on any atom is -0.508 e. The zero-order valence-electron chi connectivity index (χ0n) is 13.8. The maximum Gasteiger partial charge on any atom is 0.313 e. The van der Waals surface area contributed by atoms with Gasteiger partial charge >= 0.3 is 11.8 Å². The number of hydrogen-bond acceptors (Lipinski definition) is 4. The number of carbonyl (C=O) groups is 2. The highest BCUT2D eigenvalue weighted by Gasteiger charge is 2.19. The van der Waals surface area contributed by atoms with Crippen LogP contribution in [0.4, 0.5) is 5.69 Å². The van der Waals surface area contributed by atoms with Gasteiger partial charge in [-0.15, -0.1) is 0 Å². The second kappa shape index (κ2) is 7.50. The molecule has 0 aliphatic heterocycles. The fourth-order valence-electron chi connectivity index (χ4n) is 2.26. The van der Waals surface area contributed by atoms with Crippen LogP contribution in [0.25, 0.3) is 0 Å². The van der Waals surface area contributed by atoms with E-state index < -0.39 is 17.9 Å². The smallest absolute Gasteiger partial charge is 0.313 e. The van der Waals surface area contributed by atoms with Crippen LogP contribution in [0.3, 0.4) is 0 Å². The molecule has 2 aromatic rings. The van der Waals surface area contributed by atoms with E-state index in [0.717, 1.165) is 5.56 Å². The number of hydrogen-bond donors (Lipinski definition) is 3. The van der Waals surface area contributed by atoms with Crippen molar-refractivity contribution in [3.63, 3.8) is 0 Å². The normalized spacial score (nSPS) is 11.5. The standard InChI is InChI=1S/C18H20N2O4/c1-11-5-4-6-13(9-11)20-18(23)17(22)19-12(2)15-10-14(24-3)7-8-16(15)21/h4-10,12,21H,1-3H3,(H,19,22)(H,20,23)/t12-/m0/s1. The number of benzene rings is 2. The van der Waals surface area contributed by atoms with E-state index in [9.17, 15) is 14.7 Å². The lowest BCUT2D eigenvalue weighted by Gasteiger charge is -2.16. The fourth-order valence-corrected chi connectivity index (χ4v) is 2.26. The lowest BCUT2D eigenvalue weighted by molar-refractivity contribution is -0.136. The highest BCUT2D eigenvalue weighted by atomic mass is 16.5. The number of rotatable bonds is 4. The van der Waals surface area contributed by atoms with Gasteiger partial charge in [0, 0.05) is 11.3 Å². The molecule has 3 N–H and O–H groups in total. The maximum atomic E-state index is 12.0. The molecule has 0 fully saturated rings. The van der Waals surface area contributed by atoms with Crippen molar-refractivity contribution in [1.29, 1.82) is 0 Å². The van der Waals surface area contributed by atoms with Gasteiger partial charge < -0.3 is 20.5 Å². The number of ether oxygens (including phenoxy) is 1. The number of carbonyl (C=O) groups excluding carboxylic acids is 2. The van der Waals surface area contributed by atoms with Gasteiger partial charge in [0.2, 0.25) is 0 Å². The third kappa shape index (κ3) is 4.25. The number of amides is 2. The minimum atomic E-state index is -0.786. The molecule has 0 aliphatic rings. The third-order valence-electron chi connectivity index (χ3n) is 3.53. The first-order valence-corrected chi connectivity index (χ1v) is 7.46. The predicted octanol–water partition coefficient (Wildman–Crippen LogP) is 2.53. The zero-order valence-corrected chi connectivity index (χ0v) is 13.8. The van der Waals surface area contributed by atoms with E-state index in [1.165, 1.54) is 13.2 Å². The number of nitrogens with one attached hydrogen (secondary N) is 2. The number of methoxy groups -OCH3 is 1. The molecule has 126 valence electrons. The quantitative estimate of drug-likeness (QED) is 0.753. The number of anilines is 1. The number of phenolic OH excluding ortho intramolecular Hbond substituents is 1. The van der Waals surface area contributed by atoms with Gasteiger partial charge in [0.1, 0.15) is 11.5 Å². The molecular weight excluding hydrogens is 308 g/mol. The summed E-state index contributed by atoms with van der Waals surface area (Å²) in [6.45, 7) is 3.57. The third-order valence-corrected chi connectivity index (χ3v) is 3.53. The first-order valence-electron chi connectivity index (χ1n) is 7.46. The molecular formula is C18H20N2O4. The van der Waals surface area contributed by atoms with Crippen LogP contribution in [0.2, 0.25) is 0 Å². The first kappa shape index (κ1) is 17.3. The molecule has 0 spiro atoms. The van der Waals surface area contributed by atoms with Gasteiger partial charge in [-0.1, -0.05) is 12.1 Å². The average Bonchev–Trinajstić information content (AvgIpc) is 2.55. The summed E-state index contributed by atoms with van der Waals surface area (Å²) in [5.41, 5.74) is 1.99. The Morgan fingerprint density at radius 2 is 1.88 bits per heavy atom. The van der Waals surface area contributed by atoms with Gasteiger partial charge in [0.05, 0.1) is 13.2 Å². The van der Waals surface area contributed by atoms with Crippen LogP contribution in [0.5, 0.6) is 11.5 Å². The first-order chi connectivity index (χ1) is 11.4. The van der Waals surface area contributed by atoms with Crippen molar-refractivity contribution in [1.82, 2.24) is 5.32 Å². The van der Waals surface area contributed by atoms with Crippen molar-refractivity contribution in [2.45, 2.75) is 19.9 Å². The summed E-state index contributed by atoms with van der Waals surface area (Å²) >= 11 is 0. The topological polar surface area (TPSA) is 87.7 Å². The molecule has 0 aliphatic carbocycles. The van der Waals surface area contributed by atoms with Crippen LogP contribution in [-0.4, -0.2) is 24.0 Å². The largest absolute Gasteiger partial charge is 0.508 e. The Morgan fingerprint density at radius 1 is 1.12 bits per heavy atom. The Morgan fingerprint density at radius 3 is 2.54 bits per heavy atom. The summed E-state index contributed by atoms with van der Waals surface area (Å²) in [7, 11) is 1.51. The molecule has 0 saturated heterocycles. The van der Waals surface area contributed by atoms with Crippen molar-refractivity contribution in [3.8, 4) is 11.5 Å². The average molecular weight is 328 g/mol. The number of aryl methyl sites for hydroxylation is 1. The summed E-state index contributed by atoms with van der Waals surface area (Å²) in [4.78, 5) is 24.0. The summed E-state index contributed by atoms with van der Waals surface area (Å²) < 4.78 is 5.10. The fraction of sp³-hybridized carbons (Fsp3) is 0.222. The SMILES string of the molecule is COc1ccc(O)c([C@H](C)NC(=O)C(=O)Nc2cccc(C)c2)c1. The van der Waals surface area contributed by atoms with Crippen molar-refractivity contribution in [2.24, 2.45) is 0 Å². The van der Waals surface area contributed by atoms with Crippen molar-refractivity contribution >= 4 is 17.5 Å². The van der Waals surface area contributed by atoms with E-state index in [1.807, 2.05) is 13.0 Å². The summed E-state index contributed by atoms with van der Waals surface area (Å²) in [6.07, 6.45) is 0. The zero-order chi connectivity index (χ0) is 17.7. The van der Waals surface area contributed by atoms with Gasteiger partial charge in [-0.3, -0.25) is 9.59 Å². The van der Waals surface area contributed by atoms with E-state index in [0.29, 0.717) is 17.0 Å². The Balaban J connectivity index is 2.04. The van der Waals surface area contributed by atoms with Crippen LogP contribution in [0.15, 0.2) is 42.5 Å². The predicted molar refractivity (Wildman–Crippen MR) is 91.0 cm³/mol.